The van der Waals surface area contributed by atoms with Gasteiger partial charge in [0.2, 0.25) is 0 Å². The zero-order chi connectivity index (χ0) is 18.4. The number of carbonyl (C=O) groups is 1. The number of rotatable bonds is 8. The Morgan fingerprint density at radius 1 is 1.40 bits per heavy atom. The molecule has 0 radical (unpaired) electrons. The van der Waals surface area contributed by atoms with Gasteiger partial charge < -0.3 is 9.84 Å². The van der Waals surface area contributed by atoms with Gasteiger partial charge in [0.1, 0.15) is 24.4 Å². The summed E-state index contributed by atoms with van der Waals surface area (Å²) in [5, 5.41) is 8.82. The van der Waals surface area contributed by atoms with Gasteiger partial charge >= 0.3 is 5.97 Å². The zero-order valence-corrected chi connectivity index (χ0v) is 14.4. The number of benzene rings is 1. The van der Waals surface area contributed by atoms with Crippen molar-refractivity contribution in [2.75, 3.05) is 20.2 Å². The van der Waals surface area contributed by atoms with Crippen molar-refractivity contribution in [3.05, 3.63) is 53.4 Å². The number of carboxylic acids is 1. The molecule has 1 aliphatic rings. The Morgan fingerprint density at radius 2 is 2.08 bits per heavy atom. The summed E-state index contributed by atoms with van der Waals surface area (Å²) in [5.74, 6) is -0.786. The molecule has 1 unspecified atom stereocenters. The molecule has 0 aromatic heterocycles. The predicted octanol–water partition coefficient (Wildman–Crippen LogP) is 3.53. The van der Waals surface area contributed by atoms with Crippen molar-refractivity contribution < 1.29 is 23.4 Å². The SMILES string of the molecule is C[C@H](Cc1ccc(OCC2=CC(F)=CC(F)C2)cc1)N(C)CC(=O)O. The monoisotopic (exact) mass is 351 g/mol. The van der Waals surface area contributed by atoms with E-state index < -0.39 is 18.0 Å². The minimum Gasteiger partial charge on any atom is -0.489 e. The van der Waals surface area contributed by atoms with E-state index in [0.29, 0.717) is 11.3 Å². The fourth-order valence-corrected chi connectivity index (χ4v) is 2.65. The first-order valence-electron chi connectivity index (χ1n) is 8.18. The molecule has 0 saturated carbocycles. The maximum absolute atomic E-state index is 13.3. The van der Waals surface area contributed by atoms with Crippen molar-refractivity contribution in [2.24, 2.45) is 0 Å². The normalized spacial score (nSPS) is 18.5. The van der Waals surface area contributed by atoms with Crippen LogP contribution >= 0.6 is 0 Å². The lowest BCUT2D eigenvalue weighted by atomic mass is 10.0. The highest BCUT2D eigenvalue weighted by molar-refractivity contribution is 5.69. The smallest absolute Gasteiger partial charge is 0.317 e. The van der Waals surface area contributed by atoms with Gasteiger partial charge in [0.15, 0.2) is 0 Å². The molecule has 1 aromatic carbocycles. The van der Waals surface area contributed by atoms with Gasteiger partial charge in [-0.2, -0.15) is 0 Å². The fourth-order valence-electron chi connectivity index (χ4n) is 2.65. The minimum absolute atomic E-state index is 0.00194. The number of carboxylic acid groups (broad SMARTS) is 1. The van der Waals surface area contributed by atoms with Gasteiger partial charge in [-0.15, -0.1) is 0 Å². The molecule has 4 nitrogen and oxygen atoms in total. The molecule has 136 valence electrons. The number of likely N-dealkylation sites (N-methyl/N-ethyl adjacent to an activating group) is 1. The highest BCUT2D eigenvalue weighted by Crippen LogP contribution is 2.22. The summed E-state index contributed by atoms with van der Waals surface area (Å²) in [6.07, 6.45) is 1.84. The Balaban J connectivity index is 1.85. The molecule has 0 bridgehead atoms. The minimum atomic E-state index is -1.30. The summed E-state index contributed by atoms with van der Waals surface area (Å²) in [6.45, 7) is 2.12. The molecule has 0 spiro atoms. The van der Waals surface area contributed by atoms with Crippen LogP contribution in [0, 0.1) is 0 Å². The first-order valence-corrected chi connectivity index (χ1v) is 8.18. The van der Waals surface area contributed by atoms with Gasteiger partial charge in [-0.3, -0.25) is 9.69 Å². The number of hydrogen-bond acceptors (Lipinski definition) is 3. The van der Waals surface area contributed by atoms with Crippen molar-refractivity contribution in [3.8, 4) is 5.75 Å². The van der Waals surface area contributed by atoms with Crippen LogP contribution in [0.2, 0.25) is 0 Å². The van der Waals surface area contributed by atoms with Crippen molar-refractivity contribution in [1.82, 2.24) is 4.90 Å². The average molecular weight is 351 g/mol. The molecular weight excluding hydrogens is 328 g/mol. The van der Waals surface area contributed by atoms with E-state index in [1.165, 1.54) is 6.08 Å². The highest BCUT2D eigenvalue weighted by atomic mass is 19.1. The number of aliphatic carboxylic acids is 1. The van der Waals surface area contributed by atoms with Crippen LogP contribution < -0.4 is 4.74 Å². The molecule has 0 heterocycles. The van der Waals surface area contributed by atoms with Gasteiger partial charge in [0.25, 0.3) is 0 Å². The van der Waals surface area contributed by atoms with Crippen LogP contribution in [0.1, 0.15) is 18.9 Å². The lowest BCUT2D eigenvalue weighted by molar-refractivity contribution is -0.138. The molecule has 0 saturated heterocycles. The Kier molecular flexibility index (Phi) is 6.70. The van der Waals surface area contributed by atoms with Gasteiger partial charge in [0, 0.05) is 12.5 Å². The van der Waals surface area contributed by atoms with Crippen LogP contribution in [0.4, 0.5) is 8.78 Å². The van der Waals surface area contributed by atoms with Gasteiger partial charge in [-0.1, -0.05) is 12.1 Å². The maximum Gasteiger partial charge on any atom is 0.317 e. The van der Waals surface area contributed by atoms with E-state index in [9.17, 15) is 13.6 Å². The van der Waals surface area contributed by atoms with E-state index in [4.69, 9.17) is 9.84 Å². The third kappa shape index (κ3) is 6.31. The number of nitrogens with zero attached hydrogens (tertiary/aromatic N) is 1. The summed E-state index contributed by atoms with van der Waals surface area (Å²) in [4.78, 5) is 12.5. The van der Waals surface area contributed by atoms with Crippen molar-refractivity contribution in [1.29, 1.82) is 0 Å². The molecule has 1 N–H and O–H groups in total. The number of halogens is 2. The maximum atomic E-state index is 13.3. The third-order valence-corrected chi connectivity index (χ3v) is 4.16. The van der Waals surface area contributed by atoms with Crippen LogP contribution in [0.15, 0.2) is 47.8 Å². The largest absolute Gasteiger partial charge is 0.489 e. The number of alkyl halides is 1. The quantitative estimate of drug-likeness (QED) is 0.778. The van der Waals surface area contributed by atoms with E-state index in [1.807, 2.05) is 31.2 Å². The topological polar surface area (TPSA) is 49.8 Å². The van der Waals surface area contributed by atoms with Crippen molar-refractivity contribution in [2.45, 2.75) is 32.0 Å². The van der Waals surface area contributed by atoms with Crippen LogP contribution in [-0.4, -0.2) is 48.4 Å². The molecule has 1 aliphatic carbocycles. The number of ether oxygens (including phenoxy) is 1. The Hall–Kier alpha value is -2.21. The third-order valence-electron chi connectivity index (χ3n) is 4.16. The summed E-state index contributed by atoms with van der Waals surface area (Å²) in [6, 6.07) is 7.53. The molecule has 2 rings (SSSR count). The molecule has 0 amide bonds. The summed E-state index contributed by atoms with van der Waals surface area (Å²) in [5.41, 5.74) is 1.65. The molecule has 6 heteroatoms. The van der Waals surface area contributed by atoms with Crippen LogP contribution in [0.3, 0.4) is 0 Å². The summed E-state index contributed by atoms with van der Waals surface area (Å²) >= 11 is 0. The lowest BCUT2D eigenvalue weighted by Gasteiger charge is -2.23. The average Bonchev–Trinajstić information content (AvgIpc) is 2.52. The number of allylic oxidation sites excluding steroid dienone is 3. The van der Waals surface area contributed by atoms with Crippen molar-refractivity contribution in [3.63, 3.8) is 0 Å². The molecule has 2 atom stereocenters. The van der Waals surface area contributed by atoms with Gasteiger partial charge in [0.05, 0.1) is 6.54 Å². The Morgan fingerprint density at radius 3 is 2.68 bits per heavy atom. The number of hydrogen-bond donors (Lipinski definition) is 1. The van der Waals surface area contributed by atoms with E-state index in [1.54, 1.807) is 11.9 Å². The van der Waals surface area contributed by atoms with Crippen LogP contribution in [-0.2, 0) is 11.2 Å². The predicted molar refractivity (Wildman–Crippen MR) is 92.2 cm³/mol. The van der Waals surface area contributed by atoms with Gasteiger partial charge in [-0.25, -0.2) is 8.78 Å². The molecule has 1 aromatic rings. The first-order chi connectivity index (χ1) is 11.8. The Labute approximate surface area is 146 Å². The zero-order valence-electron chi connectivity index (χ0n) is 14.4. The van der Waals surface area contributed by atoms with E-state index in [0.717, 1.165) is 18.1 Å². The Bertz CT molecular complexity index is 655. The molecular formula is C19H23F2NO3. The second kappa shape index (κ2) is 8.76. The summed E-state index contributed by atoms with van der Waals surface area (Å²) in [7, 11) is 1.78. The first kappa shape index (κ1) is 19.1. The standard InChI is InChI=1S/C19H23F2NO3/c1-13(22(2)11-19(23)24)7-14-3-5-18(6-4-14)25-12-15-8-16(20)10-17(21)9-15/h3-6,8,10,13,17H,7,9,11-12H2,1-2H3,(H,23,24)/t13-,17?/m1/s1. The van der Waals surface area contributed by atoms with Crippen LogP contribution in [0.25, 0.3) is 0 Å². The second-order valence-electron chi connectivity index (χ2n) is 6.37. The fraction of sp³-hybridized carbons (Fsp3) is 0.421. The summed E-state index contributed by atoms with van der Waals surface area (Å²) < 4.78 is 32.0. The molecule has 0 fully saturated rings. The van der Waals surface area contributed by atoms with Crippen molar-refractivity contribution >= 4 is 5.97 Å². The molecule has 25 heavy (non-hydrogen) atoms. The van der Waals surface area contributed by atoms with Crippen LogP contribution in [0.5, 0.6) is 5.75 Å². The van der Waals surface area contributed by atoms with E-state index in [2.05, 4.69) is 0 Å². The van der Waals surface area contributed by atoms with Gasteiger partial charge in [-0.05, 0) is 55.8 Å². The van der Waals surface area contributed by atoms with E-state index >= 15 is 0 Å². The van der Waals surface area contributed by atoms with E-state index in [-0.39, 0.29) is 25.6 Å². The second-order valence-corrected chi connectivity index (χ2v) is 6.37. The highest BCUT2D eigenvalue weighted by Gasteiger charge is 2.15. The molecule has 0 aliphatic heterocycles. The lowest BCUT2D eigenvalue weighted by Crippen LogP contribution is -2.35.